The molecule has 4 nitrogen and oxygen atoms in total. The molecule has 0 saturated heterocycles. The number of methoxy groups -OCH3 is 1. The highest BCUT2D eigenvalue weighted by Crippen LogP contribution is 2.21. The van der Waals surface area contributed by atoms with Crippen LogP contribution in [0.15, 0.2) is 84.9 Å². The summed E-state index contributed by atoms with van der Waals surface area (Å²) >= 11 is 0. The van der Waals surface area contributed by atoms with Crippen molar-refractivity contribution in [3.63, 3.8) is 0 Å². The molecule has 0 aliphatic carbocycles. The summed E-state index contributed by atoms with van der Waals surface area (Å²) < 4.78 is 5.23. The molecule has 3 aromatic carbocycles. The zero-order valence-electron chi connectivity index (χ0n) is 16.1. The van der Waals surface area contributed by atoms with E-state index in [1.165, 1.54) is 0 Å². The number of benzene rings is 3. The number of para-hydroxylation sites is 1. The van der Waals surface area contributed by atoms with Crippen molar-refractivity contribution < 1.29 is 9.53 Å². The third kappa shape index (κ3) is 5.01. The lowest BCUT2D eigenvalue weighted by atomic mass is 10.2. The second-order valence-corrected chi connectivity index (χ2v) is 6.37. The van der Waals surface area contributed by atoms with Gasteiger partial charge < -0.3 is 10.1 Å². The summed E-state index contributed by atoms with van der Waals surface area (Å²) in [6.07, 6.45) is 3.99. The fourth-order valence-electron chi connectivity index (χ4n) is 2.82. The highest BCUT2D eigenvalue weighted by Gasteiger charge is 2.15. The van der Waals surface area contributed by atoms with E-state index >= 15 is 0 Å². The smallest absolute Gasteiger partial charge is 0.326 e. The minimum Gasteiger partial charge on any atom is -0.497 e. The molecule has 4 heteroatoms. The van der Waals surface area contributed by atoms with Crippen molar-refractivity contribution >= 4 is 23.5 Å². The van der Waals surface area contributed by atoms with Crippen LogP contribution in [0.2, 0.25) is 0 Å². The monoisotopic (exact) mass is 372 g/mol. The van der Waals surface area contributed by atoms with Gasteiger partial charge in [-0.2, -0.15) is 0 Å². The first-order valence-corrected chi connectivity index (χ1v) is 9.17. The number of amides is 2. The Balaban J connectivity index is 1.81. The molecule has 0 unspecified atom stereocenters. The molecule has 0 heterocycles. The Morgan fingerprint density at radius 3 is 2.32 bits per heavy atom. The fourth-order valence-corrected chi connectivity index (χ4v) is 2.82. The van der Waals surface area contributed by atoms with Crippen LogP contribution in [0.3, 0.4) is 0 Å². The average molecular weight is 372 g/mol. The molecule has 0 aliphatic heterocycles. The fraction of sp³-hybridized carbons (Fsp3) is 0.125. The van der Waals surface area contributed by atoms with E-state index in [4.69, 9.17) is 4.74 Å². The molecule has 3 aromatic rings. The molecule has 142 valence electrons. The zero-order valence-corrected chi connectivity index (χ0v) is 16.1. The molecule has 0 aromatic heterocycles. The molecular weight excluding hydrogens is 348 g/mol. The molecular formula is C24H24N2O2. The van der Waals surface area contributed by atoms with Crippen LogP contribution in [-0.4, -0.2) is 19.7 Å². The molecule has 1 N–H and O–H groups in total. The lowest BCUT2D eigenvalue weighted by Crippen LogP contribution is -2.35. The van der Waals surface area contributed by atoms with Gasteiger partial charge in [0.15, 0.2) is 0 Å². The number of rotatable bonds is 6. The Hall–Kier alpha value is -3.53. The lowest BCUT2D eigenvalue weighted by molar-refractivity contribution is 0.257. The molecule has 0 atom stereocenters. The topological polar surface area (TPSA) is 41.6 Å². The standard InChI is InChI=1S/C24H24N2O2/c1-19-9-6-7-13-23(19)25-24(27)26(21-14-16-22(28-2)17-15-21)18-8-12-20-10-4-3-5-11-20/h3-17H,18H2,1-2H3,(H,25,27)/b12-8+. The van der Waals surface area contributed by atoms with Crippen molar-refractivity contribution in [2.24, 2.45) is 0 Å². The van der Waals surface area contributed by atoms with Gasteiger partial charge in [0.05, 0.1) is 7.11 Å². The van der Waals surface area contributed by atoms with E-state index in [0.29, 0.717) is 6.54 Å². The average Bonchev–Trinajstić information content (AvgIpc) is 2.74. The van der Waals surface area contributed by atoms with Crippen molar-refractivity contribution in [2.45, 2.75) is 6.92 Å². The number of nitrogens with zero attached hydrogens (tertiary/aromatic N) is 1. The number of hydrogen-bond acceptors (Lipinski definition) is 2. The maximum Gasteiger partial charge on any atom is 0.326 e. The number of nitrogens with one attached hydrogen (secondary N) is 1. The summed E-state index contributed by atoms with van der Waals surface area (Å²) in [5, 5.41) is 3.01. The number of anilines is 2. The third-order valence-corrected chi connectivity index (χ3v) is 4.41. The summed E-state index contributed by atoms with van der Waals surface area (Å²) in [7, 11) is 1.63. The van der Waals surface area contributed by atoms with Gasteiger partial charge >= 0.3 is 6.03 Å². The van der Waals surface area contributed by atoms with E-state index in [1.807, 2.05) is 97.9 Å². The van der Waals surface area contributed by atoms with Gasteiger partial charge in [-0.15, -0.1) is 0 Å². The SMILES string of the molecule is COc1ccc(N(C/C=C/c2ccccc2)C(=O)Nc2ccccc2C)cc1. The first-order chi connectivity index (χ1) is 13.7. The Kier molecular flexibility index (Phi) is 6.47. The number of urea groups is 1. The van der Waals surface area contributed by atoms with E-state index in [2.05, 4.69) is 5.32 Å². The van der Waals surface area contributed by atoms with Gasteiger partial charge in [-0.3, -0.25) is 4.90 Å². The van der Waals surface area contributed by atoms with Gasteiger partial charge in [0.25, 0.3) is 0 Å². The summed E-state index contributed by atoms with van der Waals surface area (Å²) in [5.41, 5.74) is 3.71. The Morgan fingerprint density at radius 2 is 1.64 bits per heavy atom. The van der Waals surface area contributed by atoms with Crippen LogP contribution < -0.4 is 15.0 Å². The highest BCUT2D eigenvalue weighted by molar-refractivity contribution is 6.02. The van der Waals surface area contributed by atoms with Gasteiger partial charge in [-0.25, -0.2) is 4.79 Å². The molecule has 0 radical (unpaired) electrons. The second-order valence-electron chi connectivity index (χ2n) is 6.37. The normalized spacial score (nSPS) is 10.6. The molecule has 0 spiro atoms. The van der Waals surface area contributed by atoms with Gasteiger partial charge in [-0.1, -0.05) is 60.7 Å². The Labute approximate surface area is 166 Å². The van der Waals surface area contributed by atoms with E-state index < -0.39 is 0 Å². The zero-order chi connectivity index (χ0) is 19.8. The van der Waals surface area contributed by atoms with Crippen molar-refractivity contribution in [2.75, 3.05) is 23.9 Å². The number of carbonyl (C=O) groups is 1. The highest BCUT2D eigenvalue weighted by atomic mass is 16.5. The van der Waals surface area contributed by atoms with E-state index in [-0.39, 0.29) is 6.03 Å². The predicted octanol–water partition coefficient (Wildman–Crippen LogP) is 5.76. The van der Waals surface area contributed by atoms with Crippen molar-refractivity contribution in [1.82, 2.24) is 0 Å². The lowest BCUT2D eigenvalue weighted by Gasteiger charge is -2.22. The van der Waals surface area contributed by atoms with Crippen LogP contribution in [-0.2, 0) is 0 Å². The minimum absolute atomic E-state index is 0.183. The number of hydrogen-bond donors (Lipinski definition) is 1. The third-order valence-electron chi connectivity index (χ3n) is 4.41. The van der Waals surface area contributed by atoms with E-state index in [0.717, 1.165) is 28.3 Å². The van der Waals surface area contributed by atoms with Crippen LogP contribution in [0, 0.1) is 6.92 Å². The molecule has 2 amide bonds. The van der Waals surface area contributed by atoms with E-state index in [9.17, 15) is 4.79 Å². The number of carbonyl (C=O) groups excluding carboxylic acids is 1. The molecule has 0 saturated carbocycles. The van der Waals surface area contributed by atoms with Gasteiger partial charge in [0.2, 0.25) is 0 Å². The second kappa shape index (κ2) is 9.42. The molecule has 0 bridgehead atoms. The minimum atomic E-state index is -0.183. The molecule has 0 aliphatic rings. The quantitative estimate of drug-likeness (QED) is 0.598. The van der Waals surface area contributed by atoms with Crippen LogP contribution in [0.25, 0.3) is 6.08 Å². The number of aryl methyl sites for hydroxylation is 1. The van der Waals surface area contributed by atoms with Crippen LogP contribution in [0.4, 0.5) is 16.2 Å². The summed E-state index contributed by atoms with van der Waals surface area (Å²) in [4.78, 5) is 14.7. The predicted molar refractivity (Wildman–Crippen MR) is 116 cm³/mol. The molecule has 0 fully saturated rings. The van der Waals surface area contributed by atoms with Crippen molar-refractivity contribution in [1.29, 1.82) is 0 Å². The maximum absolute atomic E-state index is 13.0. The van der Waals surface area contributed by atoms with Crippen LogP contribution in [0.1, 0.15) is 11.1 Å². The summed E-state index contributed by atoms with van der Waals surface area (Å²) in [6.45, 7) is 2.42. The van der Waals surface area contributed by atoms with Crippen molar-refractivity contribution in [3.05, 3.63) is 96.1 Å². The largest absolute Gasteiger partial charge is 0.497 e. The maximum atomic E-state index is 13.0. The summed E-state index contributed by atoms with van der Waals surface area (Å²) in [6, 6.07) is 25.1. The van der Waals surface area contributed by atoms with Crippen molar-refractivity contribution in [3.8, 4) is 5.75 Å². The van der Waals surface area contributed by atoms with Crippen LogP contribution in [0.5, 0.6) is 5.75 Å². The first kappa shape index (κ1) is 19.2. The van der Waals surface area contributed by atoms with Gasteiger partial charge in [0.1, 0.15) is 5.75 Å². The van der Waals surface area contributed by atoms with Gasteiger partial charge in [0, 0.05) is 17.9 Å². The number of ether oxygens (including phenoxy) is 1. The first-order valence-electron chi connectivity index (χ1n) is 9.17. The van der Waals surface area contributed by atoms with Crippen LogP contribution >= 0.6 is 0 Å². The Morgan fingerprint density at radius 1 is 0.964 bits per heavy atom. The summed E-state index contributed by atoms with van der Waals surface area (Å²) in [5.74, 6) is 0.753. The van der Waals surface area contributed by atoms with E-state index in [1.54, 1.807) is 12.0 Å². The molecule has 3 rings (SSSR count). The van der Waals surface area contributed by atoms with Gasteiger partial charge in [-0.05, 0) is 48.4 Å². The molecule has 28 heavy (non-hydrogen) atoms. The Bertz CT molecular complexity index is 934.